The first kappa shape index (κ1) is 47.3. The van der Waals surface area contributed by atoms with Crippen LogP contribution in [0, 0.1) is 34.6 Å². The number of nitrogens with zero attached hydrogens (tertiary/aromatic N) is 8. The number of fused-ring (bicyclic) bond motifs is 6. The number of halogens is 4. The number of anilines is 1. The molecule has 3 N–H and O–H groups in total. The molecule has 0 radical (unpaired) electrons. The van der Waals surface area contributed by atoms with E-state index in [9.17, 15) is 9.59 Å². The SMILES string of the molecule is COc1cc(C)c2c(c1)CC(=O)C(=O)N2.COc1cc(C)c2nc(Cl)c(CN)nc2c1.COc1cc(C)c2nc(Cl)c(Cl)nc2c1.COc1cc(C)c2nc(Cl)c3nnc(C)n3c2c1. The summed E-state index contributed by atoms with van der Waals surface area (Å²) in [6.07, 6.45) is 0.152. The minimum absolute atomic E-state index is 0.152. The molecule has 0 atom stereocenters. The van der Waals surface area contributed by atoms with Gasteiger partial charge < -0.3 is 30.0 Å². The van der Waals surface area contributed by atoms with Crippen molar-refractivity contribution in [3.63, 3.8) is 0 Å². The predicted molar refractivity (Wildman–Crippen MR) is 249 cm³/mol. The molecule has 9 rings (SSSR count). The predicted octanol–water partition coefficient (Wildman–Crippen LogP) is 8.94. The Morgan fingerprint density at radius 2 is 1.08 bits per heavy atom. The third-order valence-electron chi connectivity index (χ3n) is 9.89. The zero-order chi connectivity index (χ0) is 46.6. The highest BCUT2D eigenvalue weighted by molar-refractivity contribution is 6.42. The summed E-state index contributed by atoms with van der Waals surface area (Å²) in [5.74, 6) is 2.80. The van der Waals surface area contributed by atoms with Gasteiger partial charge in [-0.15, -0.1) is 10.2 Å². The number of methoxy groups -OCH3 is 4. The summed E-state index contributed by atoms with van der Waals surface area (Å²) in [5.41, 5.74) is 16.8. The Balaban J connectivity index is 0.000000142. The second-order valence-electron chi connectivity index (χ2n) is 14.2. The van der Waals surface area contributed by atoms with Crippen LogP contribution < -0.4 is 30.0 Å². The minimum atomic E-state index is -0.532. The van der Waals surface area contributed by atoms with Crippen molar-refractivity contribution in [3.05, 3.63) is 108 Å². The van der Waals surface area contributed by atoms with E-state index in [-0.39, 0.29) is 23.3 Å². The molecule has 5 heterocycles. The number of rotatable bonds is 5. The number of aryl methyl sites for hydroxylation is 5. The largest absolute Gasteiger partial charge is 0.497 e. The van der Waals surface area contributed by atoms with Crippen LogP contribution in [-0.4, -0.2) is 79.6 Å². The Kier molecular flexibility index (Phi) is 14.9. The van der Waals surface area contributed by atoms with Crippen LogP contribution in [0.5, 0.6) is 23.0 Å². The Hall–Kier alpha value is -6.17. The average Bonchev–Trinajstić information content (AvgIpc) is 3.68. The van der Waals surface area contributed by atoms with Crippen molar-refractivity contribution in [2.75, 3.05) is 33.8 Å². The van der Waals surface area contributed by atoms with Gasteiger partial charge in [-0.25, -0.2) is 24.9 Å². The van der Waals surface area contributed by atoms with Gasteiger partial charge in [-0.05, 0) is 92.8 Å². The number of ketones is 1. The number of amides is 1. The van der Waals surface area contributed by atoms with Crippen molar-refractivity contribution in [3.8, 4) is 23.0 Å². The molecule has 1 aliphatic heterocycles. The third-order valence-corrected chi connectivity index (χ3v) is 11.1. The van der Waals surface area contributed by atoms with Crippen LogP contribution in [0.2, 0.25) is 20.6 Å². The van der Waals surface area contributed by atoms with Crippen LogP contribution in [0.15, 0.2) is 48.5 Å². The van der Waals surface area contributed by atoms with Crippen LogP contribution in [0.3, 0.4) is 0 Å². The first-order valence-corrected chi connectivity index (χ1v) is 20.8. The van der Waals surface area contributed by atoms with E-state index in [1.54, 1.807) is 40.6 Å². The van der Waals surface area contributed by atoms with Gasteiger partial charge in [-0.3, -0.25) is 14.0 Å². The number of Topliss-reactive ketones (excluding diaryl/α,β-unsaturated/α-hetero) is 1. The van der Waals surface area contributed by atoms with Crippen LogP contribution in [0.1, 0.15) is 39.3 Å². The third kappa shape index (κ3) is 10.1. The standard InChI is InChI=1S/C12H11ClN4O.C11H12ClN3O.C11H11NO3.C10H8Cl2N2O/c1-6-4-8(18-3)5-9-10(6)14-11(13)12-16-15-7(2)17(9)12;1-6-3-7(16-2)4-8-10(6)15-11(12)9(5-13)14-8;1-6-3-8(15-2)4-7-5-9(13)11(14)12-10(6)7;1-5-3-6(15-2)4-7-8(5)14-10(12)9(11)13-7/h4-5H,1-3H3;3-4H,5,13H2,1-2H3;3-4H,5H2,1-2H3,(H,12,14);3-4H,1-2H3. The van der Waals surface area contributed by atoms with Gasteiger partial charge in [0.1, 0.15) is 28.8 Å². The summed E-state index contributed by atoms with van der Waals surface area (Å²) in [6.45, 7) is 9.86. The number of hydrogen-bond donors (Lipinski definition) is 2. The van der Waals surface area contributed by atoms with Crippen molar-refractivity contribution in [1.82, 2.24) is 39.5 Å². The molecule has 64 heavy (non-hydrogen) atoms. The molecule has 8 aromatic rings. The molecule has 0 spiro atoms. The summed E-state index contributed by atoms with van der Waals surface area (Å²) in [7, 11) is 6.43. The highest BCUT2D eigenvalue weighted by atomic mass is 35.5. The number of nitrogens with two attached hydrogens (primary N) is 1. The maximum absolute atomic E-state index is 11.2. The topological polar surface area (TPSA) is 204 Å². The Morgan fingerprint density at radius 3 is 1.66 bits per heavy atom. The lowest BCUT2D eigenvalue weighted by Gasteiger charge is -2.18. The van der Waals surface area contributed by atoms with Gasteiger partial charge in [0, 0.05) is 36.9 Å². The second kappa shape index (κ2) is 20.1. The number of ether oxygens (including phenoxy) is 4. The molecular formula is C44H42Cl4N10O6. The number of carbonyl (C=O) groups is 2. The van der Waals surface area contributed by atoms with Crippen molar-refractivity contribution in [2.45, 2.75) is 47.6 Å². The summed E-state index contributed by atoms with van der Waals surface area (Å²) in [4.78, 5) is 43.7. The number of nitrogens with one attached hydrogen (secondary N) is 1. The smallest absolute Gasteiger partial charge is 0.292 e. The fourth-order valence-corrected chi connectivity index (χ4v) is 7.40. The van der Waals surface area contributed by atoms with Crippen LogP contribution in [0.4, 0.5) is 5.69 Å². The van der Waals surface area contributed by atoms with Crippen LogP contribution in [-0.2, 0) is 22.6 Å². The highest BCUT2D eigenvalue weighted by Crippen LogP contribution is 2.31. The molecule has 1 amide bonds. The van der Waals surface area contributed by atoms with Gasteiger partial charge in [0.15, 0.2) is 26.3 Å². The molecule has 0 bridgehead atoms. The maximum atomic E-state index is 11.2. The first-order valence-electron chi connectivity index (χ1n) is 19.3. The van der Waals surface area contributed by atoms with E-state index in [4.69, 9.17) is 71.1 Å². The summed E-state index contributed by atoms with van der Waals surface area (Å²) in [5, 5.41) is 11.8. The van der Waals surface area contributed by atoms with Crippen LogP contribution in [0.25, 0.3) is 38.7 Å². The summed E-state index contributed by atoms with van der Waals surface area (Å²) < 4.78 is 22.6. The highest BCUT2D eigenvalue weighted by Gasteiger charge is 2.25. The molecule has 332 valence electrons. The van der Waals surface area contributed by atoms with Gasteiger partial charge in [0.25, 0.3) is 5.91 Å². The van der Waals surface area contributed by atoms with E-state index in [2.05, 4.69) is 40.4 Å². The molecule has 1 aliphatic rings. The second-order valence-corrected chi connectivity index (χ2v) is 15.7. The summed E-state index contributed by atoms with van der Waals surface area (Å²) in [6, 6.07) is 14.8. The lowest BCUT2D eigenvalue weighted by Crippen LogP contribution is -2.30. The molecule has 4 aromatic carbocycles. The van der Waals surface area contributed by atoms with Gasteiger partial charge in [0.2, 0.25) is 5.78 Å². The van der Waals surface area contributed by atoms with Crippen LogP contribution >= 0.6 is 46.4 Å². The number of carbonyl (C=O) groups excluding carboxylic acids is 2. The van der Waals surface area contributed by atoms with Gasteiger partial charge >= 0.3 is 0 Å². The van der Waals surface area contributed by atoms with E-state index in [0.29, 0.717) is 32.9 Å². The zero-order valence-corrected chi connectivity index (χ0v) is 39.2. The zero-order valence-electron chi connectivity index (χ0n) is 36.1. The minimum Gasteiger partial charge on any atom is -0.497 e. The Bertz CT molecular complexity index is 3110. The number of aromatic nitrogens is 8. The van der Waals surface area contributed by atoms with Crippen molar-refractivity contribution >= 4 is 103 Å². The molecule has 16 nitrogen and oxygen atoms in total. The van der Waals surface area contributed by atoms with E-state index in [0.717, 1.165) is 84.2 Å². The van der Waals surface area contributed by atoms with E-state index >= 15 is 0 Å². The van der Waals surface area contributed by atoms with Crippen molar-refractivity contribution < 1.29 is 28.5 Å². The molecule has 0 fully saturated rings. The van der Waals surface area contributed by atoms with E-state index in [1.165, 1.54) is 0 Å². The van der Waals surface area contributed by atoms with E-state index < -0.39 is 11.7 Å². The average molecular weight is 949 g/mol. The molecule has 0 aliphatic carbocycles. The maximum Gasteiger partial charge on any atom is 0.292 e. The van der Waals surface area contributed by atoms with E-state index in [1.807, 2.05) is 75.4 Å². The number of hydrogen-bond acceptors (Lipinski definition) is 14. The normalized spacial score (nSPS) is 11.8. The molecule has 0 unspecified atom stereocenters. The van der Waals surface area contributed by atoms with Crippen molar-refractivity contribution in [1.29, 1.82) is 0 Å². The quantitative estimate of drug-likeness (QED) is 0.155. The van der Waals surface area contributed by atoms with Gasteiger partial charge in [-0.1, -0.05) is 46.4 Å². The Labute approximate surface area is 387 Å². The molecule has 4 aromatic heterocycles. The number of benzene rings is 4. The first-order chi connectivity index (χ1) is 30.5. The summed E-state index contributed by atoms with van der Waals surface area (Å²) >= 11 is 23.7. The fraction of sp³-hybridized carbons (Fsp3) is 0.250. The molecular weight excluding hydrogens is 906 g/mol. The lowest BCUT2D eigenvalue weighted by molar-refractivity contribution is -0.134. The Morgan fingerprint density at radius 1 is 0.594 bits per heavy atom. The van der Waals surface area contributed by atoms with Gasteiger partial charge in [-0.2, -0.15) is 0 Å². The lowest BCUT2D eigenvalue weighted by atomic mass is 9.98. The monoisotopic (exact) mass is 946 g/mol. The fourth-order valence-electron chi connectivity index (χ4n) is 6.73. The molecule has 0 saturated carbocycles. The molecule has 0 saturated heterocycles. The van der Waals surface area contributed by atoms with Crippen molar-refractivity contribution in [2.24, 2.45) is 5.73 Å². The van der Waals surface area contributed by atoms with Gasteiger partial charge in [0.05, 0.1) is 67.2 Å². The molecule has 20 heteroatoms.